The fourth-order valence-corrected chi connectivity index (χ4v) is 2.45. The molecule has 2 rings (SSSR count). The van der Waals surface area contributed by atoms with Crippen molar-refractivity contribution in [2.75, 3.05) is 26.4 Å². The second-order valence-electron chi connectivity index (χ2n) is 5.50. The van der Waals surface area contributed by atoms with E-state index in [-0.39, 0.29) is 6.10 Å². The van der Waals surface area contributed by atoms with Gasteiger partial charge in [0.25, 0.3) is 0 Å². The molecule has 0 bridgehead atoms. The van der Waals surface area contributed by atoms with Crippen LogP contribution in [0.5, 0.6) is 0 Å². The molecule has 0 aromatic rings. The van der Waals surface area contributed by atoms with E-state index in [1.54, 1.807) is 0 Å². The van der Waals surface area contributed by atoms with Crippen molar-refractivity contribution in [2.45, 2.75) is 51.7 Å². The zero-order chi connectivity index (χ0) is 12.1. The molecule has 0 aromatic carbocycles. The van der Waals surface area contributed by atoms with Crippen LogP contribution >= 0.6 is 0 Å². The van der Waals surface area contributed by atoms with E-state index < -0.39 is 0 Å². The van der Waals surface area contributed by atoms with Crippen molar-refractivity contribution >= 4 is 0 Å². The van der Waals surface area contributed by atoms with E-state index in [0.717, 1.165) is 37.6 Å². The van der Waals surface area contributed by atoms with Crippen LogP contribution in [0.25, 0.3) is 0 Å². The number of hydrogen-bond donors (Lipinski definition) is 1. The maximum absolute atomic E-state index is 5.71. The van der Waals surface area contributed by atoms with E-state index in [1.807, 2.05) is 6.92 Å². The van der Waals surface area contributed by atoms with E-state index in [9.17, 15) is 0 Å². The molecule has 0 aliphatic heterocycles. The second-order valence-corrected chi connectivity index (χ2v) is 5.50. The molecule has 100 valence electrons. The average Bonchev–Trinajstić information content (AvgIpc) is 3.16. The van der Waals surface area contributed by atoms with Crippen molar-refractivity contribution in [3.05, 3.63) is 0 Å². The summed E-state index contributed by atoms with van der Waals surface area (Å²) < 4.78 is 11.0. The van der Waals surface area contributed by atoms with Gasteiger partial charge in [-0.05, 0) is 51.4 Å². The van der Waals surface area contributed by atoms with Crippen LogP contribution in [-0.2, 0) is 9.47 Å². The Balaban J connectivity index is 1.49. The van der Waals surface area contributed by atoms with E-state index >= 15 is 0 Å². The third kappa shape index (κ3) is 4.94. The van der Waals surface area contributed by atoms with E-state index in [0.29, 0.717) is 6.61 Å². The first-order valence-electron chi connectivity index (χ1n) is 7.24. The molecule has 0 radical (unpaired) electrons. The summed E-state index contributed by atoms with van der Waals surface area (Å²) in [5.74, 6) is 1.95. The van der Waals surface area contributed by atoms with Crippen LogP contribution in [0.3, 0.4) is 0 Å². The first-order valence-corrected chi connectivity index (χ1v) is 7.24. The van der Waals surface area contributed by atoms with Gasteiger partial charge < -0.3 is 14.8 Å². The SMILES string of the molecule is CCOCC(C)OCCNC(C1CC1)C1CC1. The Labute approximate surface area is 105 Å². The molecular weight excluding hydrogens is 214 g/mol. The fraction of sp³-hybridized carbons (Fsp3) is 1.00. The van der Waals surface area contributed by atoms with Gasteiger partial charge in [0.2, 0.25) is 0 Å². The first kappa shape index (κ1) is 13.3. The minimum atomic E-state index is 0.219. The lowest BCUT2D eigenvalue weighted by Crippen LogP contribution is -2.36. The maximum atomic E-state index is 5.71. The summed E-state index contributed by atoms with van der Waals surface area (Å²) in [5, 5.41) is 3.69. The lowest BCUT2D eigenvalue weighted by atomic mass is 10.1. The third-order valence-electron chi connectivity index (χ3n) is 3.70. The van der Waals surface area contributed by atoms with Crippen LogP contribution in [0.2, 0.25) is 0 Å². The first-order chi connectivity index (χ1) is 8.31. The Hall–Kier alpha value is -0.120. The molecule has 0 aromatic heterocycles. The standard InChI is InChI=1S/C14H27NO2/c1-3-16-10-11(2)17-9-8-15-14(12-4-5-12)13-6-7-13/h11-15H,3-10H2,1-2H3. The van der Waals surface area contributed by atoms with E-state index in [4.69, 9.17) is 9.47 Å². The predicted molar refractivity (Wildman–Crippen MR) is 69.1 cm³/mol. The van der Waals surface area contributed by atoms with Gasteiger partial charge in [-0.15, -0.1) is 0 Å². The third-order valence-corrected chi connectivity index (χ3v) is 3.70. The number of nitrogens with one attached hydrogen (secondary N) is 1. The van der Waals surface area contributed by atoms with Gasteiger partial charge in [-0.2, -0.15) is 0 Å². The highest BCUT2D eigenvalue weighted by atomic mass is 16.5. The summed E-state index contributed by atoms with van der Waals surface area (Å²) >= 11 is 0. The van der Waals surface area contributed by atoms with Crippen molar-refractivity contribution in [2.24, 2.45) is 11.8 Å². The maximum Gasteiger partial charge on any atom is 0.0781 e. The van der Waals surface area contributed by atoms with Crippen molar-refractivity contribution < 1.29 is 9.47 Å². The molecule has 2 fully saturated rings. The zero-order valence-electron chi connectivity index (χ0n) is 11.3. The van der Waals surface area contributed by atoms with Gasteiger partial charge in [-0.3, -0.25) is 0 Å². The molecule has 1 atom stereocenters. The molecule has 0 spiro atoms. The number of ether oxygens (including phenoxy) is 2. The van der Waals surface area contributed by atoms with Gasteiger partial charge in [0.1, 0.15) is 0 Å². The molecule has 0 saturated heterocycles. The highest BCUT2D eigenvalue weighted by Crippen LogP contribution is 2.44. The summed E-state index contributed by atoms with van der Waals surface area (Å²) in [5.41, 5.74) is 0. The highest BCUT2D eigenvalue weighted by molar-refractivity contribution is 4.96. The van der Waals surface area contributed by atoms with Crippen molar-refractivity contribution in [3.63, 3.8) is 0 Å². The van der Waals surface area contributed by atoms with Crippen LogP contribution in [-0.4, -0.2) is 38.5 Å². The van der Waals surface area contributed by atoms with Gasteiger partial charge >= 0.3 is 0 Å². The topological polar surface area (TPSA) is 30.5 Å². The van der Waals surface area contributed by atoms with Crippen LogP contribution in [0.4, 0.5) is 0 Å². The Bertz CT molecular complexity index is 202. The van der Waals surface area contributed by atoms with E-state index in [2.05, 4.69) is 12.2 Å². The van der Waals surface area contributed by atoms with Crippen LogP contribution in [0.1, 0.15) is 39.5 Å². The molecule has 0 heterocycles. The van der Waals surface area contributed by atoms with Crippen LogP contribution in [0.15, 0.2) is 0 Å². The largest absolute Gasteiger partial charge is 0.379 e. The summed E-state index contributed by atoms with van der Waals surface area (Å²) in [4.78, 5) is 0. The lowest BCUT2D eigenvalue weighted by Gasteiger charge is -2.19. The Morgan fingerprint density at radius 2 is 1.82 bits per heavy atom. The van der Waals surface area contributed by atoms with Crippen molar-refractivity contribution in [1.29, 1.82) is 0 Å². The average molecular weight is 241 g/mol. The molecule has 3 nitrogen and oxygen atoms in total. The van der Waals surface area contributed by atoms with Gasteiger partial charge in [-0.25, -0.2) is 0 Å². The van der Waals surface area contributed by atoms with Crippen LogP contribution in [0, 0.1) is 11.8 Å². The predicted octanol–water partition coefficient (Wildman–Crippen LogP) is 2.21. The zero-order valence-corrected chi connectivity index (χ0v) is 11.3. The summed E-state index contributed by atoms with van der Waals surface area (Å²) in [7, 11) is 0. The molecule has 2 saturated carbocycles. The minimum Gasteiger partial charge on any atom is -0.379 e. The quantitative estimate of drug-likeness (QED) is 0.595. The van der Waals surface area contributed by atoms with Gasteiger partial charge in [0, 0.05) is 19.2 Å². The minimum absolute atomic E-state index is 0.219. The number of rotatable bonds is 10. The smallest absolute Gasteiger partial charge is 0.0781 e. The second kappa shape index (κ2) is 6.72. The van der Waals surface area contributed by atoms with Crippen LogP contribution < -0.4 is 5.32 Å². The van der Waals surface area contributed by atoms with Gasteiger partial charge in [-0.1, -0.05) is 0 Å². The lowest BCUT2D eigenvalue weighted by molar-refractivity contribution is -0.00272. The summed E-state index contributed by atoms with van der Waals surface area (Å²) in [6.07, 6.45) is 5.98. The Morgan fingerprint density at radius 1 is 1.18 bits per heavy atom. The Morgan fingerprint density at radius 3 is 2.35 bits per heavy atom. The molecule has 3 heteroatoms. The molecule has 2 aliphatic rings. The number of hydrogen-bond acceptors (Lipinski definition) is 3. The van der Waals surface area contributed by atoms with Gasteiger partial charge in [0.15, 0.2) is 0 Å². The fourth-order valence-electron chi connectivity index (χ4n) is 2.45. The Kier molecular flexibility index (Phi) is 5.26. The highest BCUT2D eigenvalue weighted by Gasteiger charge is 2.40. The molecule has 17 heavy (non-hydrogen) atoms. The normalized spacial score (nSPS) is 22.1. The van der Waals surface area contributed by atoms with Crippen molar-refractivity contribution in [3.8, 4) is 0 Å². The summed E-state index contributed by atoms with van der Waals surface area (Å²) in [6.45, 7) is 7.39. The van der Waals surface area contributed by atoms with Gasteiger partial charge in [0.05, 0.1) is 19.3 Å². The molecule has 1 N–H and O–H groups in total. The summed E-state index contributed by atoms with van der Waals surface area (Å²) in [6, 6.07) is 0.792. The molecule has 2 aliphatic carbocycles. The molecule has 0 amide bonds. The van der Waals surface area contributed by atoms with Crippen molar-refractivity contribution in [1.82, 2.24) is 5.32 Å². The molecular formula is C14H27NO2. The van der Waals surface area contributed by atoms with E-state index in [1.165, 1.54) is 25.7 Å². The monoisotopic (exact) mass is 241 g/mol. The molecule has 1 unspecified atom stereocenters.